The molecule has 7 aromatic rings. The van der Waals surface area contributed by atoms with Gasteiger partial charge in [0.05, 0.1) is 0 Å². The second kappa shape index (κ2) is 11.7. The fourth-order valence-electron chi connectivity index (χ4n) is 5.82. The van der Waals surface area contributed by atoms with Crippen LogP contribution in [0.2, 0.25) is 0 Å². The van der Waals surface area contributed by atoms with Crippen LogP contribution < -0.4 is 14.5 Å². The van der Waals surface area contributed by atoms with Crippen LogP contribution in [0.15, 0.2) is 116 Å². The first-order valence-electron chi connectivity index (χ1n) is 14.9. The number of rotatable bonds is 5. The molecule has 0 atom stereocenters. The molecule has 0 unspecified atom stereocenters. The van der Waals surface area contributed by atoms with Gasteiger partial charge in [0.15, 0.2) is 0 Å². The third-order valence-corrected chi connectivity index (χ3v) is 8.05. The largest absolute Gasteiger partial charge is 0.503 e. The van der Waals surface area contributed by atoms with E-state index in [0.29, 0.717) is 11.6 Å². The van der Waals surface area contributed by atoms with E-state index in [9.17, 15) is 0 Å². The third kappa shape index (κ3) is 5.21. The van der Waals surface area contributed by atoms with E-state index >= 15 is 0 Å². The van der Waals surface area contributed by atoms with E-state index in [1.807, 2.05) is 55.3 Å². The summed E-state index contributed by atoms with van der Waals surface area (Å²) >= 11 is 0. The van der Waals surface area contributed by atoms with Crippen LogP contribution in [0.3, 0.4) is 0 Å². The van der Waals surface area contributed by atoms with Crippen molar-refractivity contribution in [1.29, 1.82) is 0 Å². The third-order valence-electron chi connectivity index (χ3n) is 8.05. The molecule has 0 saturated carbocycles. The van der Waals surface area contributed by atoms with Gasteiger partial charge in [0, 0.05) is 56.1 Å². The second-order valence-corrected chi connectivity index (χ2v) is 12.0. The van der Waals surface area contributed by atoms with Gasteiger partial charge in [0.1, 0.15) is 17.5 Å². The molecule has 1 aliphatic heterocycles. The first-order chi connectivity index (χ1) is 21.9. The maximum Gasteiger partial charge on any atom is 0.135 e. The summed E-state index contributed by atoms with van der Waals surface area (Å²) in [5.74, 6) is 2.56. The molecular formula is C38H29N6OPt-3. The number of pyridine rings is 3. The molecule has 0 fully saturated rings. The number of hydrogen-bond acceptors (Lipinski definition) is 6. The Hall–Kier alpha value is -5.00. The summed E-state index contributed by atoms with van der Waals surface area (Å²) in [6, 6.07) is 39.5. The van der Waals surface area contributed by atoms with Gasteiger partial charge in [-0.2, -0.15) is 23.9 Å². The molecule has 0 bridgehead atoms. The SMILES string of the molecule is CC(C)(C)c1ccnc(-n2c3[c-]c(Oc4[c-]c(N5[CH-]N(c6ccccn6)c6ccccc65)ccn4)ccc3c3ccccc32)c1.[Pt]. The number of para-hydroxylation sites is 3. The van der Waals surface area contributed by atoms with Crippen molar-refractivity contribution in [2.24, 2.45) is 0 Å². The number of ether oxygens (including phenoxy) is 1. The van der Waals surface area contributed by atoms with Gasteiger partial charge in [0.2, 0.25) is 0 Å². The van der Waals surface area contributed by atoms with Crippen molar-refractivity contribution in [3.63, 3.8) is 0 Å². The van der Waals surface area contributed by atoms with Gasteiger partial charge in [-0.1, -0.05) is 62.7 Å². The Labute approximate surface area is 282 Å². The van der Waals surface area contributed by atoms with Crippen molar-refractivity contribution in [2.75, 3.05) is 9.80 Å². The molecule has 0 radical (unpaired) electrons. The molecular weight excluding hydrogens is 752 g/mol. The van der Waals surface area contributed by atoms with Crippen LogP contribution in [0.25, 0.3) is 27.6 Å². The summed E-state index contributed by atoms with van der Waals surface area (Å²) < 4.78 is 8.48. The monoisotopic (exact) mass is 780 g/mol. The smallest absolute Gasteiger partial charge is 0.135 e. The van der Waals surface area contributed by atoms with E-state index in [0.717, 1.165) is 50.5 Å². The molecule has 5 heterocycles. The zero-order chi connectivity index (χ0) is 30.5. The Kier molecular flexibility index (Phi) is 7.58. The summed E-state index contributed by atoms with van der Waals surface area (Å²) in [5.41, 5.74) is 5.98. The van der Waals surface area contributed by atoms with E-state index in [-0.39, 0.29) is 26.5 Å². The van der Waals surface area contributed by atoms with E-state index in [1.54, 1.807) is 12.4 Å². The van der Waals surface area contributed by atoms with Crippen molar-refractivity contribution < 1.29 is 25.8 Å². The molecule has 3 aromatic carbocycles. The van der Waals surface area contributed by atoms with Crippen LogP contribution in [0.5, 0.6) is 11.6 Å². The molecule has 46 heavy (non-hydrogen) atoms. The minimum absolute atomic E-state index is 0. The van der Waals surface area contributed by atoms with Crippen LogP contribution in [-0.2, 0) is 26.5 Å². The van der Waals surface area contributed by atoms with Gasteiger partial charge in [-0.3, -0.25) is 4.98 Å². The minimum atomic E-state index is -0.0110. The summed E-state index contributed by atoms with van der Waals surface area (Å²) in [6.07, 6.45) is 5.41. The molecule has 1 aliphatic rings. The van der Waals surface area contributed by atoms with Gasteiger partial charge in [0.25, 0.3) is 0 Å². The van der Waals surface area contributed by atoms with Gasteiger partial charge < -0.3 is 19.1 Å². The maximum atomic E-state index is 6.33. The van der Waals surface area contributed by atoms with E-state index in [1.165, 1.54) is 5.56 Å². The number of fused-ring (bicyclic) bond motifs is 4. The predicted octanol–water partition coefficient (Wildman–Crippen LogP) is 9.07. The van der Waals surface area contributed by atoms with Crippen LogP contribution in [0.4, 0.5) is 22.9 Å². The average molecular weight is 781 g/mol. The standard InChI is InChI=1S/C38H29N6O.Pt/c1-38(2,3)26-17-20-40-36(22-26)44-31-11-5-4-10-29(31)30-16-15-28(24-34(30)44)45-37-23-27(18-21-41-37)42-25-43(35-14-8-9-19-39-35)33-13-7-6-12-32(33)42;/h4-22,25H,1-3H3;/q-3;. The number of benzene rings is 3. The zero-order valence-electron chi connectivity index (χ0n) is 25.5. The summed E-state index contributed by atoms with van der Waals surface area (Å²) in [5, 5.41) is 2.20. The topological polar surface area (TPSA) is 59.3 Å². The van der Waals surface area contributed by atoms with Crippen molar-refractivity contribution in [3.8, 4) is 17.4 Å². The molecule has 0 spiro atoms. The Bertz CT molecular complexity index is 2190. The molecule has 0 saturated heterocycles. The van der Waals surface area contributed by atoms with Crippen LogP contribution >= 0.6 is 0 Å². The van der Waals surface area contributed by atoms with Crippen LogP contribution in [0, 0.1) is 18.8 Å². The fourth-order valence-corrected chi connectivity index (χ4v) is 5.82. The molecule has 8 heteroatoms. The molecule has 8 rings (SSSR count). The van der Waals surface area contributed by atoms with E-state index < -0.39 is 0 Å². The van der Waals surface area contributed by atoms with Gasteiger partial charge >= 0.3 is 0 Å². The molecule has 7 nitrogen and oxygen atoms in total. The molecule has 0 N–H and O–H groups in total. The number of aromatic nitrogens is 4. The van der Waals surface area contributed by atoms with E-state index in [4.69, 9.17) is 9.72 Å². The zero-order valence-corrected chi connectivity index (χ0v) is 27.7. The predicted molar refractivity (Wildman–Crippen MR) is 179 cm³/mol. The molecule has 0 aliphatic carbocycles. The average Bonchev–Trinajstić information content (AvgIpc) is 3.61. The Morgan fingerprint density at radius 1 is 0.674 bits per heavy atom. The van der Waals surface area contributed by atoms with Gasteiger partial charge in [-0.05, 0) is 65.0 Å². The van der Waals surface area contributed by atoms with Gasteiger partial charge in [-0.15, -0.1) is 24.2 Å². The van der Waals surface area contributed by atoms with Gasteiger partial charge in [-0.25, -0.2) is 9.97 Å². The molecule has 0 amide bonds. The Morgan fingerprint density at radius 3 is 2.22 bits per heavy atom. The summed E-state index contributed by atoms with van der Waals surface area (Å²) in [6.45, 7) is 8.64. The van der Waals surface area contributed by atoms with Crippen LogP contribution in [-0.4, -0.2) is 19.5 Å². The van der Waals surface area contributed by atoms with Crippen molar-refractivity contribution in [2.45, 2.75) is 26.2 Å². The number of anilines is 4. The maximum absolute atomic E-state index is 6.33. The normalized spacial score (nSPS) is 12.8. The second-order valence-electron chi connectivity index (χ2n) is 12.0. The van der Waals surface area contributed by atoms with E-state index in [2.05, 4.69) is 112 Å². The van der Waals surface area contributed by atoms with Crippen molar-refractivity contribution >= 4 is 44.7 Å². The quantitative estimate of drug-likeness (QED) is 0.163. The fraction of sp³-hybridized carbons (Fsp3) is 0.105. The Morgan fingerprint density at radius 2 is 1.41 bits per heavy atom. The first-order valence-corrected chi connectivity index (χ1v) is 14.9. The number of hydrogen-bond donors (Lipinski definition) is 0. The van der Waals surface area contributed by atoms with Crippen molar-refractivity contribution in [1.82, 2.24) is 19.5 Å². The number of nitrogens with zero attached hydrogens (tertiary/aromatic N) is 6. The summed E-state index contributed by atoms with van der Waals surface area (Å²) in [7, 11) is 0. The minimum Gasteiger partial charge on any atom is -0.503 e. The Balaban J connectivity index is 0.00000338. The summed E-state index contributed by atoms with van der Waals surface area (Å²) in [4.78, 5) is 18.0. The molecule has 230 valence electrons. The molecule has 4 aromatic heterocycles. The first kappa shape index (κ1) is 29.7. The van der Waals surface area contributed by atoms with Crippen molar-refractivity contribution in [3.05, 3.63) is 140 Å². The van der Waals surface area contributed by atoms with Crippen LogP contribution in [0.1, 0.15) is 26.3 Å².